The lowest BCUT2D eigenvalue weighted by atomic mass is 10.1. The molecular formula is C16H10Cl2N2O3. The minimum Gasteiger partial charge on any atom is -0.478 e. The van der Waals surface area contributed by atoms with Gasteiger partial charge in [-0.3, -0.25) is 4.79 Å². The molecule has 3 aromatic rings. The Morgan fingerprint density at radius 2 is 1.87 bits per heavy atom. The van der Waals surface area contributed by atoms with Crippen molar-refractivity contribution in [3.63, 3.8) is 0 Å². The van der Waals surface area contributed by atoms with Crippen LogP contribution < -0.4 is 5.56 Å². The van der Waals surface area contributed by atoms with E-state index in [0.29, 0.717) is 21.6 Å². The van der Waals surface area contributed by atoms with Gasteiger partial charge in [-0.15, -0.1) is 11.6 Å². The van der Waals surface area contributed by atoms with Gasteiger partial charge in [0.05, 0.1) is 16.6 Å². The molecule has 0 fully saturated rings. The first kappa shape index (κ1) is 15.5. The monoisotopic (exact) mass is 348 g/mol. The van der Waals surface area contributed by atoms with E-state index in [4.69, 9.17) is 28.3 Å². The van der Waals surface area contributed by atoms with Crippen LogP contribution >= 0.6 is 23.2 Å². The molecule has 5 nitrogen and oxygen atoms in total. The molecule has 3 rings (SSSR count). The minimum atomic E-state index is -1.08. The highest BCUT2D eigenvalue weighted by Crippen LogP contribution is 2.27. The molecule has 0 aliphatic rings. The van der Waals surface area contributed by atoms with Crippen molar-refractivity contribution < 1.29 is 9.90 Å². The van der Waals surface area contributed by atoms with Gasteiger partial charge in [0.25, 0.3) is 5.56 Å². The van der Waals surface area contributed by atoms with Crippen molar-refractivity contribution in [1.29, 1.82) is 0 Å². The number of carbonyl (C=O) groups is 1. The second-order valence-electron chi connectivity index (χ2n) is 4.90. The van der Waals surface area contributed by atoms with Crippen molar-refractivity contribution in [2.45, 2.75) is 5.38 Å². The number of carboxylic acid groups (broad SMARTS) is 1. The zero-order valence-electron chi connectivity index (χ0n) is 11.6. The maximum absolute atomic E-state index is 12.2. The number of aromatic nitrogens is 2. The number of rotatable bonds is 3. The highest BCUT2D eigenvalue weighted by atomic mass is 35.5. The third kappa shape index (κ3) is 3.06. The van der Waals surface area contributed by atoms with Gasteiger partial charge in [-0.1, -0.05) is 23.7 Å². The number of nitrogens with one attached hydrogen (secondary N) is 1. The average Bonchev–Trinajstić information content (AvgIpc) is 2.53. The number of nitrogens with zero attached hydrogens (tertiary/aromatic N) is 1. The summed E-state index contributed by atoms with van der Waals surface area (Å²) in [5.41, 5.74) is 1.25. The zero-order valence-corrected chi connectivity index (χ0v) is 13.1. The van der Waals surface area contributed by atoms with Crippen LogP contribution in [-0.4, -0.2) is 21.0 Å². The number of carboxylic acids is 1. The van der Waals surface area contributed by atoms with Crippen molar-refractivity contribution in [2.75, 3.05) is 0 Å². The predicted molar refractivity (Wildman–Crippen MR) is 88.5 cm³/mol. The Bertz CT molecular complexity index is 952. The van der Waals surface area contributed by atoms with Gasteiger partial charge in [-0.05, 0) is 35.9 Å². The lowest BCUT2D eigenvalue weighted by molar-refractivity contribution is 0.0697. The summed E-state index contributed by atoms with van der Waals surface area (Å²) >= 11 is 12.2. The lowest BCUT2D eigenvalue weighted by Crippen LogP contribution is -2.17. The molecule has 0 amide bonds. The Morgan fingerprint density at radius 1 is 1.17 bits per heavy atom. The standard InChI is InChI=1S/C16H10Cl2N2O3/c17-10-4-1-8(2-5-10)13(18)14-15(21)20-12-7-9(16(22)23)3-6-11(12)19-14/h1-7,13H,(H,20,21)(H,22,23). The normalized spacial score (nSPS) is 12.3. The van der Waals surface area contributed by atoms with Crippen molar-refractivity contribution >= 4 is 40.2 Å². The van der Waals surface area contributed by atoms with Crippen LogP contribution in [0.3, 0.4) is 0 Å². The van der Waals surface area contributed by atoms with Crippen molar-refractivity contribution in [3.8, 4) is 0 Å². The molecule has 1 heterocycles. The van der Waals surface area contributed by atoms with Gasteiger partial charge in [-0.25, -0.2) is 9.78 Å². The van der Waals surface area contributed by atoms with E-state index in [1.165, 1.54) is 18.2 Å². The van der Waals surface area contributed by atoms with Crippen LogP contribution in [0.5, 0.6) is 0 Å². The van der Waals surface area contributed by atoms with Gasteiger partial charge in [0, 0.05) is 5.02 Å². The molecule has 0 aliphatic heterocycles. The number of H-pyrrole nitrogens is 1. The maximum Gasteiger partial charge on any atom is 0.335 e. The minimum absolute atomic E-state index is 0.0721. The Kier molecular flexibility index (Phi) is 4.07. The second-order valence-corrected chi connectivity index (χ2v) is 5.78. The third-order valence-electron chi connectivity index (χ3n) is 3.37. The molecule has 1 aromatic heterocycles. The van der Waals surface area contributed by atoms with Gasteiger partial charge < -0.3 is 10.1 Å². The molecule has 2 N–H and O–H groups in total. The first-order chi connectivity index (χ1) is 11.0. The van der Waals surface area contributed by atoms with Crippen LogP contribution in [0.4, 0.5) is 0 Å². The summed E-state index contributed by atoms with van der Waals surface area (Å²) in [7, 11) is 0. The van der Waals surface area contributed by atoms with E-state index in [2.05, 4.69) is 9.97 Å². The molecule has 0 spiro atoms. The summed E-state index contributed by atoms with van der Waals surface area (Å²) in [5.74, 6) is -1.08. The van der Waals surface area contributed by atoms with Crippen LogP contribution in [0.25, 0.3) is 11.0 Å². The van der Waals surface area contributed by atoms with Gasteiger partial charge in [0.15, 0.2) is 0 Å². The Balaban J connectivity index is 2.09. The maximum atomic E-state index is 12.2. The highest BCUT2D eigenvalue weighted by Gasteiger charge is 2.17. The van der Waals surface area contributed by atoms with Gasteiger partial charge in [0.2, 0.25) is 0 Å². The summed E-state index contributed by atoms with van der Waals surface area (Å²) < 4.78 is 0. The fourth-order valence-electron chi connectivity index (χ4n) is 2.19. The van der Waals surface area contributed by atoms with E-state index >= 15 is 0 Å². The average molecular weight is 349 g/mol. The fourth-order valence-corrected chi connectivity index (χ4v) is 2.61. The van der Waals surface area contributed by atoms with E-state index < -0.39 is 16.9 Å². The Hall–Kier alpha value is -2.37. The van der Waals surface area contributed by atoms with E-state index in [9.17, 15) is 9.59 Å². The molecule has 0 aliphatic carbocycles. The van der Waals surface area contributed by atoms with Crippen molar-refractivity contribution in [3.05, 3.63) is 74.7 Å². The molecule has 116 valence electrons. The number of aromatic amines is 1. The summed E-state index contributed by atoms with van der Waals surface area (Å²) in [6.07, 6.45) is 0. The summed E-state index contributed by atoms with van der Waals surface area (Å²) in [6.45, 7) is 0. The number of benzene rings is 2. The predicted octanol–water partition coefficient (Wildman–Crippen LogP) is 3.60. The van der Waals surface area contributed by atoms with Crippen LogP contribution in [0.1, 0.15) is 27.0 Å². The van der Waals surface area contributed by atoms with Crippen molar-refractivity contribution in [1.82, 2.24) is 9.97 Å². The lowest BCUT2D eigenvalue weighted by Gasteiger charge is -2.10. The third-order valence-corrected chi connectivity index (χ3v) is 4.08. The van der Waals surface area contributed by atoms with Gasteiger partial charge >= 0.3 is 5.97 Å². The molecule has 7 heteroatoms. The zero-order chi connectivity index (χ0) is 16.6. The van der Waals surface area contributed by atoms with Gasteiger partial charge in [-0.2, -0.15) is 0 Å². The molecule has 0 saturated carbocycles. The van der Waals surface area contributed by atoms with E-state index in [-0.39, 0.29) is 11.3 Å². The fraction of sp³-hybridized carbons (Fsp3) is 0.0625. The molecule has 1 atom stereocenters. The Labute approximate surface area is 140 Å². The highest BCUT2D eigenvalue weighted by molar-refractivity contribution is 6.30. The quantitative estimate of drug-likeness (QED) is 0.708. The number of hydrogen-bond acceptors (Lipinski definition) is 3. The first-order valence-corrected chi connectivity index (χ1v) is 7.44. The number of fused-ring (bicyclic) bond motifs is 1. The van der Waals surface area contributed by atoms with E-state index in [0.717, 1.165) is 0 Å². The van der Waals surface area contributed by atoms with E-state index in [1.54, 1.807) is 24.3 Å². The molecule has 0 radical (unpaired) electrons. The number of alkyl halides is 1. The molecule has 23 heavy (non-hydrogen) atoms. The van der Waals surface area contributed by atoms with Crippen LogP contribution in [0.15, 0.2) is 47.3 Å². The van der Waals surface area contributed by atoms with E-state index in [1.807, 2.05) is 0 Å². The largest absolute Gasteiger partial charge is 0.478 e. The smallest absolute Gasteiger partial charge is 0.335 e. The van der Waals surface area contributed by atoms with Crippen LogP contribution in [-0.2, 0) is 0 Å². The topological polar surface area (TPSA) is 83.0 Å². The summed E-state index contributed by atoms with van der Waals surface area (Å²) in [5, 5.41) is 8.82. The summed E-state index contributed by atoms with van der Waals surface area (Å²) in [6, 6.07) is 11.1. The molecule has 1 unspecified atom stereocenters. The van der Waals surface area contributed by atoms with Crippen LogP contribution in [0.2, 0.25) is 5.02 Å². The Morgan fingerprint density at radius 3 is 2.52 bits per heavy atom. The van der Waals surface area contributed by atoms with Gasteiger partial charge in [0.1, 0.15) is 11.1 Å². The van der Waals surface area contributed by atoms with Crippen molar-refractivity contribution in [2.24, 2.45) is 0 Å². The number of halogens is 2. The second kappa shape index (κ2) is 6.02. The first-order valence-electron chi connectivity index (χ1n) is 6.62. The molecular weight excluding hydrogens is 339 g/mol. The van der Waals surface area contributed by atoms with Crippen LogP contribution in [0, 0.1) is 0 Å². The molecule has 0 saturated heterocycles. The molecule has 2 aromatic carbocycles. The molecule has 0 bridgehead atoms. The number of hydrogen-bond donors (Lipinski definition) is 2. The number of aromatic carboxylic acids is 1. The SMILES string of the molecule is O=C(O)c1ccc2nc(C(Cl)c3ccc(Cl)cc3)c(=O)[nH]c2c1. The summed E-state index contributed by atoms with van der Waals surface area (Å²) in [4.78, 5) is 30.1.